The van der Waals surface area contributed by atoms with E-state index in [-0.39, 0.29) is 23.5 Å². The molecule has 0 aromatic heterocycles. The third-order valence-electron chi connectivity index (χ3n) is 5.06. The maximum atomic E-state index is 12.7. The summed E-state index contributed by atoms with van der Waals surface area (Å²) in [6.07, 6.45) is 1.29. The summed E-state index contributed by atoms with van der Waals surface area (Å²) >= 11 is 3.33. The molecule has 5 nitrogen and oxygen atoms in total. The van der Waals surface area contributed by atoms with Crippen LogP contribution in [0.25, 0.3) is 0 Å². The molecule has 0 spiro atoms. The highest BCUT2D eigenvalue weighted by Crippen LogP contribution is 2.22. The van der Waals surface area contributed by atoms with Crippen molar-refractivity contribution in [1.29, 1.82) is 0 Å². The van der Waals surface area contributed by atoms with Crippen LogP contribution in [0.4, 0.5) is 0 Å². The van der Waals surface area contributed by atoms with E-state index in [2.05, 4.69) is 21.2 Å². The molecule has 1 aliphatic rings. The summed E-state index contributed by atoms with van der Waals surface area (Å²) in [7, 11) is 0. The van der Waals surface area contributed by atoms with Crippen LogP contribution in [0.15, 0.2) is 59.1 Å². The number of carbonyl (C=O) groups excluding carboxylic acids is 3. The summed E-state index contributed by atoms with van der Waals surface area (Å²) in [6, 6.07) is 15.7. The largest absolute Gasteiger partial charge is 0.341 e. The van der Waals surface area contributed by atoms with E-state index in [4.69, 9.17) is 0 Å². The molecular weight excluding hydrogens is 420 g/mol. The molecule has 2 aromatic carbocycles. The van der Waals surface area contributed by atoms with Crippen molar-refractivity contribution >= 4 is 33.5 Å². The predicted molar refractivity (Wildman–Crippen MR) is 111 cm³/mol. The number of likely N-dealkylation sites (tertiary alicyclic amines) is 1. The van der Waals surface area contributed by atoms with Crippen LogP contribution in [0.2, 0.25) is 0 Å². The highest BCUT2D eigenvalue weighted by molar-refractivity contribution is 9.10. The molecule has 0 saturated carbocycles. The van der Waals surface area contributed by atoms with Gasteiger partial charge in [-0.1, -0.05) is 46.3 Å². The highest BCUT2D eigenvalue weighted by atomic mass is 79.9. The number of amides is 2. The molecule has 146 valence electrons. The number of hydrogen-bond donors (Lipinski definition) is 1. The van der Waals surface area contributed by atoms with Crippen molar-refractivity contribution in [3.05, 3.63) is 70.2 Å². The number of hydrogen-bond acceptors (Lipinski definition) is 3. The minimum absolute atomic E-state index is 0.0564. The van der Waals surface area contributed by atoms with E-state index in [1.165, 1.54) is 0 Å². The lowest BCUT2D eigenvalue weighted by atomic mass is 9.88. The third-order valence-corrected chi connectivity index (χ3v) is 5.59. The first-order valence-corrected chi connectivity index (χ1v) is 10.2. The van der Waals surface area contributed by atoms with Gasteiger partial charge in [0.2, 0.25) is 5.91 Å². The Balaban J connectivity index is 1.52. The Morgan fingerprint density at radius 1 is 0.964 bits per heavy atom. The summed E-state index contributed by atoms with van der Waals surface area (Å²) < 4.78 is 0.890. The van der Waals surface area contributed by atoms with Gasteiger partial charge in [-0.25, -0.2) is 0 Å². The average Bonchev–Trinajstić information content (AvgIpc) is 2.73. The number of nitrogens with zero attached hydrogens (tertiary/aromatic N) is 1. The molecule has 1 atom stereocenters. The van der Waals surface area contributed by atoms with Crippen molar-refractivity contribution in [2.45, 2.75) is 25.8 Å². The molecular formula is C22H23BrN2O3. The van der Waals surface area contributed by atoms with E-state index in [1.54, 1.807) is 36.1 Å². The lowest BCUT2D eigenvalue weighted by Crippen LogP contribution is -2.49. The van der Waals surface area contributed by atoms with Crippen molar-refractivity contribution in [1.82, 2.24) is 10.2 Å². The van der Waals surface area contributed by atoms with Crippen LogP contribution in [0.1, 0.15) is 40.5 Å². The van der Waals surface area contributed by atoms with Gasteiger partial charge in [-0.3, -0.25) is 14.4 Å². The maximum absolute atomic E-state index is 12.7. The summed E-state index contributed by atoms with van der Waals surface area (Å²) in [6.45, 7) is 2.75. The highest BCUT2D eigenvalue weighted by Gasteiger charge is 2.30. The first kappa shape index (κ1) is 20.3. The van der Waals surface area contributed by atoms with Gasteiger partial charge in [-0.05, 0) is 44.0 Å². The normalized spacial score (nSPS) is 15.7. The first-order chi connectivity index (χ1) is 13.5. The van der Waals surface area contributed by atoms with E-state index in [0.29, 0.717) is 31.5 Å². The molecule has 28 heavy (non-hydrogen) atoms. The molecule has 0 radical (unpaired) electrons. The summed E-state index contributed by atoms with van der Waals surface area (Å²) in [5.74, 6) is -0.304. The van der Waals surface area contributed by atoms with Crippen LogP contribution >= 0.6 is 15.9 Å². The van der Waals surface area contributed by atoms with Crippen molar-refractivity contribution in [3.8, 4) is 0 Å². The molecule has 3 rings (SSSR count). The molecule has 0 bridgehead atoms. The fourth-order valence-corrected chi connectivity index (χ4v) is 3.68. The smallest absolute Gasteiger partial charge is 0.251 e. The quantitative estimate of drug-likeness (QED) is 0.717. The van der Waals surface area contributed by atoms with Crippen LogP contribution in [0.3, 0.4) is 0 Å². The second kappa shape index (κ2) is 9.15. The number of halogens is 1. The zero-order chi connectivity index (χ0) is 20.1. The molecule has 1 aliphatic heterocycles. The van der Waals surface area contributed by atoms with Gasteiger partial charge < -0.3 is 10.2 Å². The van der Waals surface area contributed by atoms with E-state index in [1.807, 2.05) is 30.3 Å². The van der Waals surface area contributed by atoms with Gasteiger partial charge in [-0.2, -0.15) is 0 Å². The van der Waals surface area contributed by atoms with Crippen LogP contribution in [0.5, 0.6) is 0 Å². The van der Waals surface area contributed by atoms with Gasteiger partial charge in [0.15, 0.2) is 5.78 Å². The summed E-state index contributed by atoms with van der Waals surface area (Å²) in [4.78, 5) is 39.3. The monoisotopic (exact) mass is 442 g/mol. The zero-order valence-corrected chi connectivity index (χ0v) is 17.3. The standard InChI is InChI=1S/C22H23BrN2O3/c1-15(24-21(27)18-7-9-19(23)10-8-18)22(28)25-13-11-17(12-14-25)20(26)16-5-3-2-4-6-16/h2-10,15,17H,11-14H2,1H3,(H,24,27)/t15-/m1/s1. The number of ketones is 1. The minimum atomic E-state index is -0.613. The van der Waals surface area contributed by atoms with Gasteiger partial charge in [0.1, 0.15) is 6.04 Å². The Kier molecular flexibility index (Phi) is 6.62. The van der Waals surface area contributed by atoms with Crippen molar-refractivity contribution in [2.75, 3.05) is 13.1 Å². The lowest BCUT2D eigenvalue weighted by Gasteiger charge is -2.33. The first-order valence-electron chi connectivity index (χ1n) is 9.40. The zero-order valence-electron chi connectivity index (χ0n) is 15.7. The number of piperidine rings is 1. The molecule has 6 heteroatoms. The predicted octanol–water partition coefficient (Wildman–Crippen LogP) is 3.69. The van der Waals surface area contributed by atoms with E-state index >= 15 is 0 Å². The Morgan fingerprint density at radius 2 is 1.57 bits per heavy atom. The molecule has 1 saturated heterocycles. The number of rotatable bonds is 5. The number of benzene rings is 2. The fraction of sp³-hybridized carbons (Fsp3) is 0.318. The second-order valence-electron chi connectivity index (χ2n) is 7.03. The molecule has 2 aromatic rings. The van der Waals surface area contributed by atoms with Crippen molar-refractivity contribution in [2.24, 2.45) is 5.92 Å². The third kappa shape index (κ3) is 4.87. The van der Waals surface area contributed by atoms with Crippen LogP contribution in [-0.4, -0.2) is 41.6 Å². The molecule has 0 unspecified atom stereocenters. The van der Waals surface area contributed by atoms with E-state index < -0.39 is 6.04 Å². The Labute approximate surface area is 173 Å². The fourth-order valence-electron chi connectivity index (χ4n) is 3.42. The molecule has 2 amide bonds. The number of nitrogens with one attached hydrogen (secondary N) is 1. The topological polar surface area (TPSA) is 66.5 Å². The Morgan fingerprint density at radius 3 is 2.18 bits per heavy atom. The van der Waals surface area contributed by atoms with Gasteiger partial charge >= 0.3 is 0 Å². The average molecular weight is 443 g/mol. The van der Waals surface area contributed by atoms with Crippen LogP contribution < -0.4 is 5.32 Å². The van der Waals surface area contributed by atoms with Gasteiger partial charge in [0, 0.05) is 34.6 Å². The minimum Gasteiger partial charge on any atom is -0.341 e. The second-order valence-corrected chi connectivity index (χ2v) is 7.95. The molecule has 1 heterocycles. The van der Waals surface area contributed by atoms with Crippen molar-refractivity contribution < 1.29 is 14.4 Å². The van der Waals surface area contributed by atoms with Crippen LogP contribution in [-0.2, 0) is 4.79 Å². The molecule has 0 aliphatic carbocycles. The van der Waals surface area contributed by atoms with Gasteiger partial charge in [-0.15, -0.1) is 0 Å². The van der Waals surface area contributed by atoms with E-state index in [0.717, 1.165) is 10.0 Å². The summed E-state index contributed by atoms with van der Waals surface area (Å²) in [5, 5.41) is 2.76. The Bertz CT molecular complexity index is 844. The Hall–Kier alpha value is -2.47. The van der Waals surface area contributed by atoms with Gasteiger partial charge in [0.05, 0.1) is 0 Å². The SMILES string of the molecule is C[C@@H](NC(=O)c1ccc(Br)cc1)C(=O)N1CCC(C(=O)c2ccccc2)CC1. The van der Waals surface area contributed by atoms with Crippen LogP contribution in [0, 0.1) is 5.92 Å². The van der Waals surface area contributed by atoms with Crippen molar-refractivity contribution in [3.63, 3.8) is 0 Å². The number of Topliss-reactive ketones (excluding diaryl/α,β-unsaturated/α-hetero) is 1. The lowest BCUT2D eigenvalue weighted by molar-refractivity contribution is -0.134. The summed E-state index contributed by atoms with van der Waals surface area (Å²) in [5.41, 5.74) is 1.23. The van der Waals surface area contributed by atoms with Gasteiger partial charge in [0.25, 0.3) is 5.91 Å². The number of carbonyl (C=O) groups is 3. The molecule has 1 fully saturated rings. The van der Waals surface area contributed by atoms with E-state index in [9.17, 15) is 14.4 Å². The molecule has 1 N–H and O–H groups in total. The maximum Gasteiger partial charge on any atom is 0.251 e.